The summed E-state index contributed by atoms with van der Waals surface area (Å²) in [6.07, 6.45) is 0. The van der Waals surface area contributed by atoms with E-state index < -0.39 is 0 Å². The Labute approximate surface area is 170 Å². The van der Waals surface area contributed by atoms with Gasteiger partial charge in [0.05, 0.1) is 32.4 Å². The molecule has 0 spiro atoms. The molecule has 0 saturated heterocycles. The molecule has 0 aliphatic rings. The molecule has 2 aromatic carbocycles. The van der Waals surface area contributed by atoms with Crippen LogP contribution in [0.15, 0.2) is 36.4 Å². The highest BCUT2D eigenvalue weighted by Gasteiger charge is 2.16. The number of nitrogens with one attached hydrogen (secondary N) is 1. The summed E-state index contributed by atoms with van der Waals surface area (Å²) >= 11 is 6.29. The summed E-state index contributed by atoms with van der Waals surface area (Å²) in [5, 5.41) is 3.12. The van der Waals surface area contributed by atoms with Gasteiger partial charge in [-0.25, -0.2) is 0 Å². The second-order valence-electron chi connectivity index (χ2n) is 6.45. The van der Waals surface area contributed by atoms with Gasteiger partial charge in [0.1, 0.15) is 6.61 Å². The first-order chi connectivity index (χ1) is 13.5. The van der Waals surface area contributed by atoms with Crippen LogP contribution in [-0.2, 0) is 0 Å². The summed E-state index contributed by atoms with van der Waals surface area (Å²) in [7, 11) is 3.09. The number of methoxy groups -OCH3 is 2. The van der Waals surface area contributed by atoms with Gasteiger partial charge in [0.25, 0.3) is 5.91 Å². The van der Waals surface area contributed by atoms with E-state index in [2.05, 4.69) is 5.32 Å². The van der Waals surface area contributed by atoms with E-state index in [4.69, 9.17) is 30.5 Å². The highest BCUT2D eigenvalue weighted by Crippen LogP contribution is 2.36. The molecule has 0 saturated carbocycles. The van der Waals surface area contributed by atoms with Crippen molar-refractivity contribution in [3.63, 3.8) is 0 Å². The van der Waals surface area contributed by atoms with E-state index >= 15 is 0 Å². The Hall–Kier alpha value is -2.60. The van der Waals surface area contributed by atoms with Crippen LogP contribution in [0.1, 0.15) is 24.2 Å². The van der Waals surface area contributed by atoms with Crippen molar-refractivity contribution in [3.8, 4) is 23.0 Å². The van der Waals surface area contributed by atoms with Gasteiger partial charge in [-0.1, -0.05) is 37.6 Å². The van der Waals surface area contributed by atoms with Crippen LogP contribution in [0.4, 0.5) is 0 Å². The molecule has 28 heavy (non-hydrogen) atoms. The number of hydrogen-bond donors (Lipinski definition) is 1. The van der Waals surface area contributed by atoms with E-state index in [0.717, 1.165) is 0 Å². The molecule has 1 N–H and O–H groups in total. The van der Waals surface area contributed by atoms with Crippen LogP contribution in [0.25, 0.3) is 0 Å². The van der Waals surface area contributed by atoms with Crippen molar-refractivity contribution < 1.29 is 23.7 Å². The lowest BCUT2D eigenvalue weighted by Crippen LogP contribution is -2.28. The van der Waals surface area contributed by atoms with E-state index in [9.17, 15) is 4.79 Å². The zero-order valence-electron chi connectivity index (χ0n) is 16.6. The topological polar surface area (TPSA) is 66.0 Å². The van der Waals surface area contributed by atoms with Gasteiger partial charge in [-0.15, -0.1) is 0 Å². The smallest absolute Gasteiger partial charge is 0.251 e. The van der Waals surface area contributed by atoms with Crippen molar-refractivity contribution >= 4 is 17.5 Å². The first-order valence-corrected chi connectivity index (χ1v) is 9.38. The Morgan fingerprint density at radius 1 is 1.04 bits per heavy atom. The van der Waals surface area contributed by atoms with Crippen LogP contribution in [0, 0.1) is 5.92 Å². The number of ether oxygens (including phenoxy) is 4. The fraction of sp³-hybridized carbons (Fsp3) is 0.381. The lowest BCUT2D eigenvalue weighted by Gasteiger charge is -2.15. The molecule has 0 radical (unpaired) electrons. The quantitative estimate of drug-likeness (QED) is 0.598. The van der Waals surface area contributed by atoms with Gasteiger partial charge < -0.3 is 24.3 Å². The number of para-hydroxylation sites is 2. The molecule has 0 fully saturated rings. The standard InChI is InChI=1S/C21H26ClNO5/c1-14(2)13-28-20-16(22)11-15(12-19(20)26-4)21(24)23-9-10-27-18-8-6-5-7-17(18)25-3/h5-8,11-12,14H,9-10,13H2,1-4H3,(H,23,24). The Morgan fingerprint density at radius 2 is 1.71 bits per heavy atom. The average Bonchev–Trinajstić information content (AvgIpc) is 2.69. The zero-order valence-corrected chi connectivity index (χ0v) is 17.3. The van der Waals surface area contributed by atoms with Crippen molar-refractivity contribution in [2.45, 2.75) is 13.8 Å². The molecule has 0 unspecified atom stereocenters. The molecule has 6 nitrogen and oxygen atoms in total. The molecule has 0 aliphatic carbocycles. The van der Waals surface area contributed by atoms with Crippen molar-refractivity contribution in [1.82, 2.24) is 5.32 Å². The molecular weight excluding hydrogens is 382 g/mol. The third-order valence-electron chi connectivity index (χ3n) is 3.77. The highest BCUT2D eigenvalue weighted by molar-refractivity contribution is 6.32. The van der Waals surface area contributed by atoms with Gasteiger partial charge >= 0.3 is 0 Å². The lowest BCUT2D eigenvalue weighted by atomic mass is 10.2. The van der Waals surface area contributed by atoms with Crippen molar-refractivity contribution in [2.75, 3.05) is 34.0 Å². The van der Waals surface area contributed by atoms with E-state index in [1.165, 1.54) is 7.11 Å². The summed E-state index contributed by atoms with van der Waals surface area (Å²) < 4.78 is 21.9. The van der Waals surface area contributed by atoms with Crippen LogP contribution in [0.3, 0.4) is 0 Å². The molecule has 152 valence electrons. The van der Waals surface area contributed by atoms with Gasteiger partial charge in [0.15, 0.2) is 23.0 Å². The summed E-state index contributed by atoms with van der Waals surface area (Å²) in [4.78, 5) is 12.4. The SMILES string of the molecule is COc1ccccc1OCCNC(=O)c1cc(Cl)c(OCC(C)C)c(OC)c1. The number of rotatable bonds is 10. The lowest BCUT2D eigenvalue weighted by molar-refractivity contribution is 0.0946. The first kappa shape index (κ1) is 21.7. The predicted octanol–water partition coefficient (Wildman–Crippen LogP) is 4.20. The van der Waals surface area contributed by atoms with Gasteiger partial charge in [-0.2, -0.15) is 0 Å². The van der Waals surface area contributed by atoms with E-state index in [0.29, 0.717) is 59.3 Å². The van der Waals surface area contributed by atoms with Crippen LogP contribution in [0.5, 0.6) is 23.0 Å². The Balaban J connectivity index is 1.95. The molecule has 2 aromatic rings. The Kier molecular flexibility index (Phi) is 8.26. The molecular formula is C21H26ClNO5. The summed E-state index contributed by atoms with van der Waals surface area (Å²) in [6, 6.07) is 10.5. The first-order valence-electron chi connectivity index (χ1n) is 9.00. The van der Waals surface area contributed by atoms with Gasteiger partial charge in [-0.3, -0.25) is 4.79 Å². The van der Waals surface area contributed by atoms with Gasteiger partial charge in [0, 0.05) is 5.56 Å². The number of hydrogen-bond acceptors (Lipinski definition) is 5. The van der Waals surface area contributed by atoms with E-state index in [1.54, 1.807) is 25.3 Å². The van der Waals surface area contributed by atoms with E-state index in [1.807, 2.05) is 32.0 Å². The minimum absolute atomic E-state index is 0.278. The maximum Gasteiger partial charge on any atom is 0.251 e. The monoisotopic (exact) mass is 407 g/mol. The summed E-state index contributed by atoms with van der Waals surface area (Å²) in [5.74, 6) is 2.18. The van der Waals surface area contributed by atoms with Crippen molar-refractivity contribution in [1.29, 1.82) is 0 Å². The number of carbonyl (C=O) groups is 1. The highest BCUT2D eigenvalue weighted by atomic mass is 35.5. The Morgan fingerprint density at radius 3 is 2.36 bits per heavy atom. The van der Waals surface area contributed by atoms with Crippen LogP contribution in [0.2, 0.25) is 5.02 Å². The van der Waals surface area contributed by atoms with Gasteiger partial charge in [0.2, 0.25) is 0 Å². The fourth-order valence-corrected chi connectivity index (χ4v) is 2.67. The normalized spacial score (nSPS) is 10.5. The number of benzene rings is 2. The van der Waals surface area contributed by atoms with E-state index in [-0.39, 0.29) is 5.91 Å². The molecule has 2 rings (SSSR count). The predicted molar refractivity (Wildman–Crippen MR) is 109 cm³/mol. The second-order valence-corrected chi connectivity index (χ2v) is 6.86. The maximum absolute atomic E-state index is 12.4. The van der Waals surface area contributed by atoms with Crippen molar-refractivity contribution in [2.24, 2.45) is 5.92 Å². The molecule has 0 atom stereocenters. The van der Waals surface area contributed by atoms with Crippen LogP contribution < -0.4 is 24.3 Å². The minimum Gasteiger partial charge on any atom is -0.493 e. The molecule has 7 heteroatoms. The average molecular weight is 408 g/mol. The number of carbonyl (C=O) groups excluding carboxylic acids is 1. The maximum atomic E-state index is 12.4. The zero-order chi connectivity index (χ0) is 20.5. The molecule has 1 amide bonds. The fourth-order valence-electron chi connectivity index (χ4n) is 2.41. The summed E-state index contributed by atoms with van der Waals surface area (Å²) in [6.45, 7) is 5.20. The number of amides is 1. The molecule has 0 aliphatic heterocycles. The van der Waals surface area contributed by atoms with Crippen LogP contribution in [-0.4, -0.2) is 39.9 Å². The van der Waals surface area contributed by atoms with Gasteiger partial charge in [-0.05, 0) is 30.2 Å². The Bertz CT molecular complexity index is 794. The second kappa shape index (κ2) is 10.7. The number of halogens is 1. The summed E-state index contributed by atoms with van der Waals surface area (Å²) in [5.41, 5.74) is 0.385. The third-order valence-corrected chi connectivity index (χ3v) is 4.05. The largest absolute Gasteiger partial charge is 0.493 e. The minimum atomic E-state index is -0.278. The molecule has 0 heterocycles. The molecule has 0 bridgehead atoms. The molecule has 0 aromatic heterocycles. The third kappa shape index (κ3) is 5.96. The van der Waals surface area contributed by atoms with Crippen LogP contribution >= 0.6 is 11.6 Å². The van der Waals surface area contributed by atoms with Crippen molar-refractivity contribution in [3.05, 3.63) is 47.0 Å².